The van der Waals surface area contributed by atoms with Crippen molar-refractivity contribution in [1.29, 1.82) is 0 Å². The van der Waals surface area contributed by atoms with E-state index >= 15 is 0 Å². The van der Waals surface area contributed by atoms with E-state index in [1.807, 2.05) is 24.3 Å². The average Bonchev–Trinajstić information content (AvgIpc) is 2.40. The molecule has 0 aliphatic heterocycles. The number of aldehydes is 1. The van der Waals surface area contributed by atoms with Crippen LogP contribution in [0.1, 0.15) is 15.9 Å². The maximum Gasteiger partial charge on any atom is 0.151 e. The van der Waals surface area contributed by atoms with E-state index in [1.165, 1.54) is 0 Å². The van der Waals surface area contributed by atoms with Gasteiger partial charge in [0.05, 0.1) is 11.6 Å². The van der Waals surface area contributed by atoms with E-state index in [1.54, 1.807) is 25.3 Å². The Kier molecular flexibility index (Phi) is 4.55. The molecule has 98 valence electrons. The minimum Gasteiger partial charge on any atom is -0.457 e. The number of ether oxygens (including phenoxy) is 2. The van der Waals surface area contributed by atoms with Gasteiger partial charge < -0.3 is 9.47 Å². The smallest absolute Gasteiger partial charge is 0.151 e. The lowest BCUT2D eigenvalue weighted by Crippen LogP contribution is -1.90. The average molecular weight is 277 g/mol. The van der Waals surface area contributed by atoms with E-state index in [-0.39, 0.29) is 0 Å². The van der Waals surface area contributed by atoms with E-state index < -0.39 is 0 Å². The van der Waals surface area contributed by atoms with Crippen molar-refractivity contribution >= 4 is 17.9 Å². The van der Waals surface area contributed by atoms with Crippen LogP contribution in [0.2, 0.25) is 5.02 Å². The molecule has 0 N–H and O–H groups in total. The third kappa shape index (κ3) is 3.56. The summed E-state index contributed by atoms with van der Waals surface area (Å²) in [4.78, 5) is 10.7. The highest BCUT2D eigenvalue weighted by molar-refractivity contribution is 6.33. The lowest BCUT2D eigenvalue weighted by atomic mass is 10.2. The van der Waals surface area contributed by atoms with Crippen molar-refractivity contribution in [2.45, 2.75) is 6.61 Å². The van der Waals surface area contributed by atoms with Gasteiger partial charge in [-0.25, -0.2) is 0 Å². The number of rotatable bonds is 5. The Hall–Kier alpha value is -1.84. The minimum atomic E-state index is 0.376. The number of hydrogen-bond donors (Lipinski definition) is 0. The summed E-state index contributed by atoms with van der Waals surface area (Å²) in [5.74, 6) is 1.29. The van der Waals surface area contributed by atoms with Gasteiger partial charge in [-0.05, 0) is 29.8 Å². The Balaban J connectivity index is 2.18. The zero-order chi connectivity index (χ0) is 13.7. The first-order chi connectivity index (χ1) is 9.22. The summed E-state index contributed by atoms with van der Waals surface area (Å²) in [6, 6.07) is 12.5. The molecular weight excluding hydrogens is 264 g/mol. The van der Waals surface area contributed by atoms with E-state index in [4.69, 9.17) is 21.1 Å². The molecule has 0 heterocycles. The van der Waals surface area contributed by atoms with Crippen LogP contribution in [0, 0.1) is 0 Å². The molecule has 2 aromatic carbocycles. The molecule has 0 saturated carbocycles. The fourth-order valence-corrected chi connectivity index (χ4v) is 1.88. The number of halogens is 1. The van der Waals surface area contributed by atoms with Gasteiger partial charge in [-0.3, -0.25) is 4.79 Å². The molecule has 0 fully saturated rings. The van der Waals surface area contributed by atoms with Crippen molar-refractivity contribution in [3.8, 4) is 11.5 Å². The molecule has 0 unspecified atom stereocenters. The molecular formula is C15H13ClO3. The Morgan fingerprint density at radius 2 is 1.95 bits per heavy atom. The summed E-state index contributed by atoms with van der Waals surface area (Å²) in [6.07, 6.45) is 0.714. The van der Waals surface area contributed by atoms with Crippen molar-refractivity contribution in [3.63, 3.8) is 0 Å². The third-order valence-electron chi connectivity index (χ3n) is 2.54. The van der Waals surface area contributed by atoms with Crippen molar-refractivity contribution in [2.24, 2.45) is 0 Å². The Labute approximate surface area is 116 Å². The number of carbonyl (C=O) groups is 1. The molecule has 2 rings (SSSR count). The normalized spacial score (nSPS) is 10.2. The number of benzene rings is 2. The Bertz CT molecular complexity index is 581. The van der Waals surface area contributed by atoms with Crippen LogP contribution in [0.15, 0.2) is 42.5 Å². The van der Waals surface area contributed by atoms with Gasteiger partial charge in [0, 0.05) is 18.7 Å². The van der Waals surface area contributed by atoms with Gasteiger partial charge in [-0.15, -0.1) is 0 Å². The lowest BCUT2D eigenvalue weighted by molar-refractivity contribution is 0.112. The van der Waals surface area contributed by atoms with Crippen LogP contribution in [-0.2, 0) is 11.3 Å². The fraction of sp³-hybridized carbons (Fsp3) is 0.133. The SMILES string of the molecule is COCc1cccc(Oc2ccc(C=O)c(Cl)c2)c1. The molecule has 2 aromatic rings. The van der Waals surface area contributed by atoms with Gasteiger partial charge in [-0.1, -0.05) is 23.7 Å². The number of methoxy groups -OCH3 is 1. The van der Waals surface area contributed by atoms with E-state index in [2.05, 4.69) is 0 Å². The van der Waals surface area contributed by atoms with Gasteiger partial charge in [0.25, 0.3) is 0 Å². The van der Waals surface area contributed by atoms with Gasteiger partial charge in [0.2, 0.25) is 0 Å². The van der Waals surface area contributed by atoms with Crippen LogP contribution in [-0.4, -0.2) is 13.4 Å². The second-order valence-electron chi connectivity index (χ2n) is 3.98. The summed E-state index contributed by atoms with van der Waals surface area (Å²) in [5, 5.41) is 0.376. The van der Waals surface area contributed by atoms with Crippen molar-refractivity contribution in [2.75, 3.05) is 7.11 Å². The second-order valence-corrected chi connectivity index (χ2v) is 4.39. The first-order valence-corrected chi connectivity index (χ1v) is 6.11. The predicted octanol–water partition coefficient (Wildman–Crippen LogP) is 4.09. The van der Waals surface area contributed by atoms with E-state index in [9.17, 15) is 4.79 Å². The molecule has 0 aliphatic carbocycles. The van der Waals surface area contributed by atoms with Crippen molar-refractivity contribution in [3.05, 3.63) is 58.6 Å². The summed E-state index contributed by atoms with van der Waals surface area (Å²) in [6.45, 7) is 0.530. The summed E-state index contributed by atoms with van der Waals surface area (Å²) in [5.41, 5.74) is 1.47. The van der Waals surface area contributed by atoms with Gasteiger partial charge >= 0.3 is 0 Å². The van der Waals surface area contributed by atoms with Gasteiger partial charge in [-0.2, -0.15) is 0 Å². The molecule has 0 aromatic heterocycles. The maximum absolute atomic E-state index is 10.7. The monoisotopic (exact) mass is 276 g/mol. The standard InChI is InChI=1S/C15H13ClO3/c1-18-10-11-3-2-4-13(7-11)19-14-6-5-12(9-17)15(16)8-14/h2-9H,10H2,1H3. The fourth-order valence-electron chi connectivity index (χ4n) is 1.67. The second kappa shape index (κ2) is 6.36. The molecule has 0 saturated heterocycles. The van der Waals surface area contributed by atoms with Crippen LogP contribution in [0.3, 0.4) is 0 Å². The Morgan fingerprint density at radius 1 is 1.16 bits per heavy atom. The zero-order valence-electron chi connectivity index (χ0n) is 10.4. The molecule has 4 heteroatoms. The van der Waals surface area contributed by atoms with Crippen LogP contribution < -0.4 is 4.74 Å². The minimum absolute atomic E-state index is 0.376. The largest absolute Gasteiger partial charge is 0.457 e. The van der Waals surface area contributed by atoms with Crippen LogP contribution in [0.4, 0.5) is 0 Å². The number of hydrogen-bond acceptors (Lipinski definition) is 3. The third-order valence-corrected chi connectivity index (χ3v) is 2.87. The van der Waals surface area contributed by atoms with E-state index in [0.29, 0.717) is 35.0 Å². The topological polar surface area (TPSA) is 35.5 Å². The highest BCUT2D eigenvalue weighted by Crippen LogP contribution is 2.26. The van der Waals surface area contributed by atoms with E-state index in [0.717, 1.165) is 5.56 Å². The summed E-state index contributed by atoms with van der Waals surface area (Å²) < 4.78 is 10.8. The van der Waals surface area contributed by atoms with Crippen LogP contribution in [0.5, 0.6) is 11.5 Å². The highest BCUT2D eigenvalue weighted by atomic mass is 35.5. The van der Waals surface area contributed by atoms with Crippen molar-refractivity contribution < 1.29 is 14.3 Å². The zero-order valence-corrected chi connectivity index (χ0v) is 11.2. The molecule has 0 radical (unpaired) electrons. The number of carbonyl (C=O) groups excluding carboxylic acids is 1. The van der Waals surface area contributed by atoms with Crippen molar-refractivity contribution in [1.82, 2.24) is 0 Å². The van der Waals surface area contributed by atoms with Crippen LogP contribution >= 0.6 is 11.6 Å². The van der Waals surface area contributed by atoms with Crippen LogP contribution in [0.25, 0.3) is 0 Å². The summed E-state index contributed by atoms with van der Waals surface area (Å²) in [7, 11) is 1.64. The molecule has 19 heavy (non-hydrogen) atoms. The Morgan fingerprint density at radius 3 is 2.63 bits per heavy atom. The predicted molar refractivity (Wildman–Crippen MR) is 74.1 cm³/mol. The highest BCUT2D eigenvalue weighted by Gasteiger charge is 2.03. The molecule has 0 atom stereocenters. The summed E-state index contributed by atoms with van der Waals surface area (Å²) >= 11 is 5.95. The maximum atomic E-state index is 10.7. The van der Waals surface area contributed by atoms with Gasteiger partial charge in [0.15, 0.2) is 6.29 Å². The molecule has 3 nitrogen and oxygen atoms in total. The quantitative estimate of drug-likeness (QED) is 0.772. The molecule has 0 amide bonds. The first-order valence-electron chi connectivity index (χ1n) is 5.73. The molecule has 0 aliphatic rings. The first kappa shape index (κ1) is 13.6. The lowest BCUT2D eigenvalue weighted by Gasteiger charge is -2.08. The molecule has 0 bridgehead atoms. The van der Waals surface area contributed by atoms with Gasteiger partial charge in [0.1, 0.15) is 11.5 Å². The molecule has 0 spiro atoms.